The summed E-state index contributed by atoms with van der Waals surface area (Å²) >= 11 is 0. The van der Waals surface area contributed by atoms with E-state index in [1.165, 1.54) is 6.07 Å². The van der Waals surface area contributed by atoms with Crippen LogP contribution in [0, 0.1) is 0 Å². The second-order valence-electron chi connectivity index (χ2n) is 5.40. The number of halogens is 3. The number of nitrogens with zero attached hydrogens (tertiary/aromatic N) is 1. The Morgan fingerprint density at radius 3 is 2.42 bits per heavy atom. The maximum absolute atomic E-state index is 12.7. The summed E-state index contributed by atoms with van der Waals surface area (Å²) in [6, 6.07) is 15.1. The Kier molecular flexibility index (Phi) is 5.84. The van der Waals surface area contributed by atoms with Gasteiger partial charge in [0.2, 0.25) is 0 Å². The third-order valence-electron chi connectivity index (χ3n) is 3.59. The molecule has 1 unspecified atom stereocenters. The SMILES string of the molecule is CN=C(NCc1cccc(C(F)(F)F)c1)NC(C)c1ccccc1. The van der Waals surface area contributed by atoms with Crippen molar-refractivity contribution in [3.05, 3.63) is 71.3 Å². The first kappa shape index (κ1) is 17.8. The van der Waals surface area contributed by atoms with Gasteiger partial charge in [-0.15, -0.1) is 0 Å². The first-order valence-electron chi connectivity index (χ1n) is 7.58. The average molecular weight is 335 g/mol. The van der Waals surface area contributed by atoms with Crippen LogP contribution in [-0.2, 0) is 12.7 Å². The first-order valence-corrected chi connectivity index (χ1v) is 7.58. The molecule has 2 aromatic rings. The van der Waals surface area contributed by atoms with Crippen molar-refractivity contribution in [1.29, 1.82) is 0 Å². The van der Waals surface area contributed by atoms with Crippen molar-refractivity contribution < 1.29 is 13.2 Å². The van der Waals surface area contributed by atoms with Crippen molar-refractivity contribution in [3.8, 4) is 0 Å². The molecule has 0 aromatic heterocycles. The van der Waals surface area contributed by atoms with Gasteiger partial charge in [0.15, 0.2) is 5.96 Å². The van der Waals surface area contributed by atoms with Crippen molar-refractivity contribution >= 4 is 5.96 Å². The molecule has 0 spiro atoms. The first-order chi connectivity index (χ1) is 11.4. The standard InChI is InChI=1S/C18H20F3N3/c1-13(15-8-4-3-5-9-15)24-17(22-2)23-12-14-7-6-10-16(11-14)18(19,20)21/h3-11,13H,12H2,1-2H3,(H2,22,23,24). The van der Waals surface area contributed by atoms with Gasteiger partial charge in [0.25, 0.3) is 0 Å². The fraction of sp³-hybridized carbons (Fsp3) is 0.278. The van der Waals surface area contributed by atoms with Crippen LogP contribution in [0.3, 0.4) is 0 Å². The zero-order valence-corrected chi connectivity index (χ0v) is 13.6. The number of nitrogens with one attached hydrogen (secondary N) is 2. The second-order valence-corrected chi connectivity index (χ2v) is 5.40. The minimum absolute atomic E-state index is 0.0268. The molecule has 0 bridgehead atoms. The molecule has 2 rings (SSSR count). The lowest BCUT2D eigenvalue weighted by Crippen LogP contribution is -2.38. The van der Waals surface area contributed by atoms with Crippen molar-refractivity contribution in [3.63, 3.8) is 0 Å². The van der Waals surface area contributed by atoms with E-state index in [1.807, 2.05) is 37.3 Å². The van der Waals surface area contributed by atoms with E-state index in [1.54, 1.807) is 13.1 Å². The number of hydrogen-bond acceptors (Lipinski definition) is 1. The van der Waals surface area contributed by atoms with Gasteiger partial charge in [0, 0.05) is 13.6 Å². The molecule has 0 heterocycles. The van der Waals surface area contributed by atoms with Crippen molar-refractivity contribution in [1.82, 2.24) is 10.6 Å². The molecule has 6 heteroatoms. The van der Waals surface area contributed by atoms with Crippen LogP contribution in [0.1, 0.15) is 29.7 Å². The summed E-state index contributed by atoms with van der Waals surface area (Å²) in [6.45, 7) is 2.25. The van der Waals surface area contributed by atoms with Gasteiger partial charge in [0.1, 0.15) is 0 Å². The minimum Gasteiger partial charge on any atom is -0.352 e. The van der Waals surface area contributed by atoms with E-state index in [4.69, 9.17) is 0 Å². The van der Waals surface area contributed by atoms with Crippen LogP contribution in [0.2, 0.25) is 0 Å². The lowest BCUT2D eigenvalue weighted by Gasteiger charge is -2.18. The van der Waals surface area contributed by atoms with E-state index >= 15 is 0 Å². The predicted octanol–water partition coefficient (Wildman–Crippen LogP) is 4.13. The summed E-state index contributed by atoms with van der Waals surface area (Å²) in [5, 5.41) is 6.25. The van der Waals surface area contributed by atoms with E-state index < -0.39 is 11.7 Å². The van der Waals surface area contributed by atoms with Crippen LogP contribution in [0.25, 0.3) is 0 Å². The van der Waals surface area contributed by atoms with Crippen molar-refractivity contribution in [2.45, 2.75) is 25.7 Å². The number of aliphatic imine (C=N–C) groups is 1. The number of guanidine groups is 1. The molecule has 3 nitrogen and oxygen atoms in total. The summed E-state index contributed by atoms with van der Waals surface area (Å²) in [7, 11) is 1.62. The molecular weight excluding hydrogens is 315 g/mol. The van der Waals surface area contributed by atoms with Crippen LogP contribution in [0.4, 0.5) is 13.2 Å². The molecule has 24 heavy (non-hydrogen) atoms. The molecule has 0 amide bonds. The number of hydrogen-bond donors (Lipinski definition) is 2. The Morgan fingerprint density at radius 1 is 1.08 bits per heavy atom. The molecule has 128 valence electrons. The molecule has 2 N–H and O–H groups in total. The Bertz CT molecular complexity index is 681. The van der Waals surface area contributed by atoms with Gasteiger partial charge >= 0.3 is 6.18 Å². The van der Waals surface area contributed by atoms with Crippen LogP contribution >= 0.6 is 0 Å². The van der Waals surface area contributed by atoms with E-state index in [0.29, 0.717) is 11.5 Å². The summed E-state index contributed by atoms with van der Waals surface area (Å²) in [6.07, 6.45) is -4.34. The highest BCUT2D eigenvalue weighted by Crippen LogP contribution is 2.29. The predicted molar refractivity (Wildman–Crippen MR) is 89.6 cm³/mol. The van der Waals surface area contributed by atoms with E-state index in [-0.39, 0.29) is 12.6 Å². The Balaban J connectivity index is 1.97. The van der Waals surface area contributed by atoms with Crippen LogP contribution in [0.15, 0.2) is 59.6 Å². The van der Waals surface area contributed by atoms with E-state index in [0.717, 1.165) is 17.7 Å². The molecule has 0 radical (unpaired) electrons. The van der Waals surface area contributed by atoms with Gasteiger partial charge in [0.05, 0.1) is 11.6 Å². The molecule has 0 aliphatic carbocycles. The van der Waals surface area contributed by atoms with Crippen molar-refractivity contribution in [2.75, 3.05) is 7.05 Å². The van der Waals surface area contributed by atoms with Gasteiger partial charge in [-0.2, -0.15) is 13.2 Å². The highest BCUT2D eigenvalue weighted by Gasteiger charge is 2.30. The van der Waals surface area contributed by atoms with Crippen LogP contribution in [0.5, 0.6) is 0 Å². The molecule has 1 atom stereocenters. The molecule has 0 saturated heterocycles. The zero-order chi connectivity index (χ0) is 17.6. The average Bonchev–Trinajstić information content (AvgIpc) is 2.58. The summed E-state index contributed by atoms with van der Waals surface area (Å²) in [4.78, 5) is 4.11. The fourth-order valence-corrected chi connectivity index (χ4v) is 2.27. The lowest BCUT2D eigenvalue weighted by molar-refractivity contribution is -0.137. The van der Waals surface area contributed by atoms with Gasteiger partial charge in [-0.1, -0.05) is 42.5 Å². The maximum Gasteiger partial charge on any atom is 0.416 e. The lowest BCUT2D eigenvalue weighted by atomic mass is 10.1. The van der Waals surface area contributed by atoms with Crippen LogP contribution in [-0.4, -0.2) is 13.0 Å². The Morgan fingerprint density at radius 2 is 1.79 bits per heavy atom. The van der Waals surface area contributed by atoms with Gasteiger partial charge in [-0.05, 0) is 30.2 Å². The minimum atomic E-state index is -4.34. The molecule has 2 aromatic carbocycles. The highest BCUT2D eigenvalue weighted by molar-refractivity contribution is 5.80. The largest absolute Gasteiger partial charge is 0.416 e. The number of rotatable bonds is 4. The van der Waals surface area contributed by atoms with E-state index in [2.05, 4.69) is 15.6 Å². The molecule has 0 aliphatic heterocycles. The van der Waals surface area contributed by atoms with Crippen molar-refractivity contribution in [2.24, 2.45) is 4.99 Å². The normalized spacial score (nSPS) is 13.5. The van der Waals surface area contributed by atoms with Gasteiger partial charge < -0.3 is 10.6 Å². The summed E-state index contributed by atoms with van der Waals surface area (Å²) in [5.74, 6) is 0.531. The number of benzene rings is 2. The van der Waals surface area contributed by atoms with Gasteiger partial charge in [-0.3, -0.25) is 4.99 Å². The monoisotopic (exact) mass is 335 g/mol. The van der Waals surface area contributed by atoms with Gasteiger partial charge in [-0.25, -0.2) is 0 Å². The van der Waals surface area contributed by atoms with Crippen LogP contribution < -0.4 is 10.6 Å². The molecular formula is C18H20F3N3. The Labute approximate surface area is 139 Å². The Hall–Kier alpha value is -2.50. The second kappa shape index (κ2) is 7.86. The van der Waals surface area contributed by atoms with E-state index in [9.17, 15) is 13.2 Å². The zero-order valence-electron chi connectivity index (χ0n) is 13.6. The topological polar surface area (TPSA) is 36.4 Å². The fourth-order valence-electron chi connectivity index (χ4n) is 2.27. The summed E-state index contributed by atoms with van der Waals surface area (Å²) in [5.41, 5.74) is 0.988. The molecule has 0 saturated carbocycles. The summed E-state index contributed by atoms with van der Waals surface area (Å²) < 4.78 is 38.2. The quantitative estimate of drug-likeness (QED) is 0.651. The molecule has 0 aliphatic rings. The number of alkyl halides is 3. The smallest absolute Gasteiger partial charge is 0.352 e. The maximum atomic E-state index is 12.7. The highest BCUT2D eigenvalue weighted by atomic mass is 19.4. The third kappa shape index (κ3) is 5.01. The third-order valence-corrected chi connectivity index (χ3v) is 3.59. The molecule has 0 fully saturated rings.